The van der Waals surface area contributed by atoms with Gasteiger partial charge < -0.3 is 15.0 Å². The van der Waals surface area contributed by atoms with Gasteiger partial charge in [0.15, 0.2) is 0 Å². The molecule has 1 aromatic heterocycles. The molecule has 0 bridgehead atoms. The smallest absolute Gasteiger partial charge is 0.234 e. The number of rotatable bonds is 3. The van der Waals surface area contributed by atoms with Gasteiger partial charge in [0.2, 0.25) is 11.7 Å². The zero-order valence-electron chi connectivity index (χ0n) is 11.8. The Balaban J connectivity index is 1.89. The summed E-state index contributed by atoms with van der Waals surface area (Å²) in [5, 5.41) is 4.08. The van der Waals surface area contributed by atoms with Crippen molar-refractivity contribution < 1.29 is 9.26 Å². The van der Waals surface area contributed by atoms with E-state index in [1.165, 1.54) is 0 Å². The number of benzene rings is 1. The third-order valence-electron chi connectivity index (χ3n) is 4.29. The van der Waals surface area contributed by atoms with Gasteiger partial charge in [-0.25, -0.2) is 0 Å². The van der Waals surface area contributed by atoms with E-state index in [2.05, 4.69) is 17.1 Å². The number of hydrogen-bond acceptors (Lipinski definition) is 5. The summed E-state index contributed by atoms with van der Waals surface area (Å²) < 4.78 is 10.6. The van der Waals surface area contributed by atoms with E-state index < -0.39 is 0 Å². The van der Waals surface area contributed by atoms with Crippen molar-refractivity contribution in [2.24, 2.45) is 5.73 Å². The summed E-state index contributed by atoms with van der Waals surface area (Å²) in [4.78, 5) is 4.54. The summed E-state index contributed by atoms with van der Waals surface area (Å²) in [5.41, 5.74) is 6.90. The zero-order valence-corrected chi connectivity index (χ0v) is 11.8. The summed E-state index contributed by atoms with van der Waals surface area (Å²) in [6.07, 6.45) is 3.12. The van der Waals surface area contributed by atoms with Gasteiger partial charge in [-0.3, -0.25) is 0 Å². The van der Waals surface area contributed by atoms with Gasteiger partial charge in [0.25, 0.3) is 0 Å². The van der Waals surface area contributed by atoms with Crippen LogP contribution in [0.25, 0.3) is 11.4 Å². The monoisotopic (exact) mass is 273 g/mol. The van der Waals surface area contributed by atoms with Crippen molar-refractivity contribution in [1.29, 1.82) is 0 Å². The highest BCUT2D eigenvalue weighted by atomic mass is 16.5. The maximum absolute atomic E-state index is 6.19. The fraction of sp³-hybridized carbons (Fsp3) is 0.467. The van der Waals surface area contributed by atoms with Crippen LogP contribution in [0.5, 0.6) is 5.75 Å². The first-order valence-corrected chi connectivity index (χ1v) is 6.88. The van der Waals surface area contributed by atoms with Gasteiger partial charge in [0.1, 0.15) is 5.75 Å². The van der Waals surface area contributed by atoms with Crippen LogP contribution in [0.2, 0.25) is 0 Å². The predicted octanol–water partition coefficient (Wildman–Crippen LogP) is 2.51. The lowest BCUT2D eigenvalue weighted by Gasteiger charge is -2.23. The molecule has 1 aromatic carbocycles. The van der Waals surface area contributed by atoms with Crippen LogP contribution in [-0.2, 0) is 5.41 Å². The minimum Gasteiger partial charge on any atom is -0.497 e. The van der Waals surface area contributed by atoms with Crippen molar-refractivity contribution in [3.63, 3.8) is 0 Å². The van der Waals surface area contributed by atoms with Crippen molar-refractivity contribution in [3.8, 4) is 17.1 Å². The Kier molecular flexibility index (Phi) is 3.22. The molecule has 0 amide bonds. The third kappa shape index (κ3) is 2.08. The van der Waals surface area contributed by atoms with Crippen molar-refractivity contribution in [2.45, 2.75) is 37.6 Å². The Morgan fingerprint density at radius 1 is 1.35 bits per heavy atom. The molecule has 1 fully saturated rings. The predicted molar refractivity (Wildman–Crippen MR) is 75.5 cm³/mol. The molecule has 5 nitrogen and oxygen atoms in total. The Morgan fingerprint density at radius 2 is 2.10 bits per heavy atom. The van der Waals surface area contributed by atoms with Crippen LogP contribution in [0.15, 0.2) is 28.8 Å². The Bertz CT molecular complexity index is 593. The largest absolute Gasteiger partial charge is 0.497 e. The van der Waals surface area contributed by atoms with Crippen LogP contribution >= 0.6 is 0 Å². The van der Waals surface area contributed by atoms with Crippen LogP contribution < -0.4 is 10.5 Å². The molecule has 106 valence electrons. The number of methoxy groups -OCH3 is 1. The fourth-order valence-corrected chi connectivity index (χ4v) is 2.77. The lowest BCUT2D eigenvalue weighted by atomic mass is 9.85. The van der Waals surface area contributed by atoms with Crippen LogP contribution in [0, 0.1) is 0 Å². The Labute approximate surface area is 118 Å². The SMILES string of the molecule is COc1ccc(-c2noc(C3(C)CCCC3N)n2)cc1. The highest BCUT2D eigenvalue weighted by Crippen LogP contribution is 2.39. The maximum Gasteiger partial charge on any atom is 0.234 e. The molecule has 0 spiro atoms. The topological polar surface area (TPSA) is 74.2 Å². The number of nitrogens with zero attached hydrogens (tertiary/aromatic N) is 2. The first kappa shape index (κ1) is 13.1. The summed E-state index contributed by atoms with van der Waals surface area (Å²) >= 11 is 0. The van der Waals surface area contributed by atoms with Crippen LogP contribution in [0.1, 0.15) is 32.1 Å². The Hall–Kier alpha value is -1.88. The normalized spacial score (nSPS) is 25.9. The average Bonchev–Trinajstić information content (AvgIpc) is 3.08. The quantitative estimate of drug-likeness (QED) is 0.930. The molecule has 0 radical (unpaired) electrons. The second-order valence-electron chi connectivity index (χ2n) is 5.57. The summed E-state index contributed by atoms with van der Waals surface area (Å²) in [6, 6.07) is 7.70. The van der Waals surface area contributed by atoms with Gasteiger partial charge in [-0.1, -0.05) is 11.6 Å². The lowest BCUT2D eigenvalue weighted by molar-refractivity contribution is 0.278. The highest BCUT2D eigenvalue weighted by Gasteiger charge is 2.42. The molecular weight excluding hydrogens is 254 g/mol. The molecule has 2 unspecified atom stereocenters. The van der Waals surface area contributed by atoms with Gasteiger partial charge in [-0.05, 0) is 44.0 Å². The summed E-state index contributed by atoms with van der Waals surface area (Å²) in [5.74, 6) is 2.05. The van der Waals surface area contributed by atoms with E-state index in [1.807, 2.05) is 24.3 Å². The molecule has 2 aromatic rings. The molecule has 20 heavy (non-hydrogen) atoms. The molecule has 1 saturated carbocycles. The van der Waals surface area contributed by atoms with Crippen molar-refractivity contribution in [3.05, 3.63) is 30.2 Å². The lowest BCUT2D eigenvalue weighted by Crippen LogP contribution is -2.38. The molecule has 2 atom stereocenters. The molecule has 3 rings (SSSR count). The minimum atomic E-state index is -0.197. The molecule has 1 aliphatic rings. The van der Waals surface area contributed by atoms with E-state index in [1.54, 1.807) is 7.11 Å². The number of nitrogens with two attached hydrogens (primary N) is 1. The second kappa shape index (κ2) is 4.90. The van der Waals surface area contributed by atoms with E-state index in [4.69, 9.17) is 15.0 Å². The summed E-state index contributed by atoms with van der Waals surface area (Å²) in [7, 11) is 1.64. The first-order valence-electron chi connectivity index (χ1n) is 6.88. The maximum atomic E-state index is 6.19. The van der Waals surface area contributed by atoms with Crippen LogP contribution in [-0.4, -0.2) is 23.3 Å². The van der Waals surface area contributed by atoms with Crippen molar-refractivity contribution in [2.75, 3.05) is 7.11 Å². The first-order chi connectivity index (χ1) is 9.63. The van der Waals surface area contributed by atoms with Crippen molar-refractivity contribution in [1.82, 2.24) is 10.1 Å². The van der Waals surface area contributed by atoms with Gasteiger partial charge >= 0.3 is 0 Å². The Morgan fingerprint density at radius 3 is 2.70 bits per heavy atom. The molecule has 0 saturated heterocycles. The van der Waals surface area contributed by atoms with E-state index >= 15 is 0 Å². The average molecular weight is 273 g/mol. The minimum absolute atomic E-state index is 0.0895. The second-order valence-corrected chi connectivity index (χ2v) is 5.57. The van der Waals surface area contributed by atoms with Crippen molar-refractivity contribution >= 4 is 0 Å². The van der Waals surface area contributed by atoms with E-state index in [-0.39, 0.29) is 11.5 Å². The van der Waals surface area contributed by atoms with E-state index in [0.29, 0.717) is 11.7 Å². The van der Waals surface area contributed by atoms with E-state index in [9.17, 15) is 0 Å². The molecule has 0 aliphatic heterocycles. The fourth-order valence-electron chi connectivity index (χ4n) is 2.77. The number of ether oxygens (including phenoxy) is 1. The zero-order chi connectivity index (χ0) is 14.2. The van der Waals surface area contributed by atoms with Gasteiger partial charge in [-0.2, -0.15) is 4.98 Å². The van der Waals surface area contributed by atoms with Gasteiger partial charge in [0.05, 0.1) is 12.5 Å². The highest BCUT2D eigenvalue weighted by molar-refractivity contribution is 5.55. The van der Waals surface area contributed by atoms with E-state index in [0.717, 1.165) is 30.6 Å². The molecule has 1 heterocycles. The molecule has 5 heteroatoms. The van der Waals surface area contributed by atoms with Crippen LogP contribution in [0.3, 0.4) is 0 Å². The molecule has 1 aliphatic carbocycles. The number of hydrogen-bond donors (Lipinski definition) is 1. The summed E-state index contributed by atoms with van der Waals surface area (Å²) in [6.45, 7) is 2.11. The standard InChI is InChI=1S/C15H19N3O2/c1-15(9-3-4-12(15)16)14-17-13(18-20-14)10-5-7-11(19-2)8-6-10/h5-8,12H,3-4,9,16H2,1-2H3. The third-order valence-corrected chi connectivity index (χ3v) is 4.29. The number of aromatic nitrogens is 2. The van der Waals surface area contributed by atoms with Crippen LogP contribution in [0.4, 0.5) is 0 Å². The van der Waals surface area contributed by atoms with Gasteiger partial charge in [0, 0.05) is 11.6 Å². The van der Waals surface area contributed by atoms with Gasteiger partial charge in [-0.15, -0.1) is 0 Å². The molecular formula is C15H19N3O2. The molecule has 2 N–H and O–H groups in total.